The molecule has 2 aromatic heterocycles. The summed E-state index contributed by atoms with van der Waals surface area (Å²) in [7, 11) is 0. The van der Waals surface area contributed by atoms with Crippen molar-refractivity contribution < 1.29 is 4.39 Å². The fourth-order valence-corrected chi connectivity index (χ4v) is 3.72. The molecule has 0 fully saturated rings. The van der Waals surface area contributed by atoms with Crippen molar-refractivity contribution in [3.05, 3.63) is 44.9 Å². The number of rotatable bonds is 3. The Morgan fingerprint density at radius 3 is 2.86 bits per heavy atom. The van der Waals surface area contributed by atoms with Crippen LogP contribution in [-0.2, 0) is 6.42 Å². The summed E-state index contributed by atoms with van der Waals surface area (Å²) in [6.45, 7) is 4.16. The highest BCUT2D eigenvalue weighted by molar-refractivity contribution is 7.11. The number of hydrogen-bond acceptors (Lipinski definition) is 3. The maximum absolute atomic E-state index is 13.5. The van der Waals surface area contributed by atoms with E-state index >= 15 is 0 Å². The molecule has 3 nitrogen and oxygen atoms in total. The third-order valence-electron chi connectivity index (χ3n) is 3.49. The molecule has 1 atom stereocenters. The van der Waals surface area contributed by atoms with Gasteiger partial charge in [0.2, 0.25) is 5.95 Å². The summed E-state index contributed by atoms with van der Waals surface area (Å²) in [5.41, 5.74) is 7.30. The molecule has 0 aliphatic carbocycles. The second kappa shape index (κ2) is 5.31. The summed E-state index contributed by atoms with van der Waals surface area (Å²) in [4.78, 5) is 6.80. The van der Waals surface area contributed by atoms with Crippen molar-refractivity contribution in [1.82, 2.24) is 9.55 Å². The van der Waals surface area contributed by atoms with Gasteiger partial charge in [0.05, 0.1) is 16.1 Å². The summed E-state index contributed by atoms with van der Waals surface area (Å²) in [5.74, 6) is -0.0946. The number of imidazole rings is 1. The van der Waals surface area contributed by atoms with Gasteiger partial charge in [0.25, 0.3) is 0 Å². The lowest BCUT2D eigenvalue weighted by molar-refractivity contribution is 0.570. The molecule has 0 spiro atoms. The van der Waals surface area contributed by atoms with E-state index in [0.29, 0.717) is 11.5 Å². The fraction of sp³-hybridized carbons (Fsp3) is 0.267. The maximum atomic E-state index is 13.5. The van der Waals surface area contributed by atoms with Crippen LogP contribution in [0.2, 0.25) is 5.02 Å². The van der Waals surface area contributed by atoms with E-state index in [1.807, 2.05) is 4.57 Å². The third-order valence-corrected chi connectivity index (χ3v) is 4.80. The van der Waals surface area contributed by atoms with Crippen molar-refractivity contribution in [2.45, 2.75) is 26.3 Å². The van der Waals surface area contributed by atoms with Crippen LogP contribution >= 0.6 is 22.9 Å². The number of hydrogen-bond donors (Lipinski definition) is 1. The number of aryl methyl sites for hydroxylation is 1. The van der Waals surface area contributed by atoms with E-state index in [9.17, 15) is 4.39 Å². The molecule has 2 N–H and O–H groups in total. The molecule has 0 saturated heterocycles. The summed E-state index contributed by atoms with van der Waals surface area (Å²) in [5, 5.41) is 0.0859. The van der Waals surface area contributed by atoms with Gasteiger partial charge in [-0.15, -0.1) is 11.3 Å². The number of nitrogens with zero attached hydrogens (tertiary/aromatic N) is 2. The zero-order valence-corrected chi connectivity index (χ0v) is 13.3. The van der Waals surface area contributed by atoms with Gasteiger partial charge in [0.1, 0.15) is 5.82 Å². The Hall–Kier alpha value is -1.59. The fourth-order valence-electron chi connectivity index (χ4n) is 2.55. The Morgan fingerprint density at radius 2 is 2.19 bits per heavy atom. The molecule has 0 saturated carbocycles. The molecule has 1 unspecified atom stereocenters. The summed E-state index contributed by atoms with van der Waals surface area (Å²) < 4.78 is 15.4. The predicted molar refractivity (Wildman–Crippen MR) is 86.6 cm³/mol. The minimum Gasteiger partial charge on any atom is -0.369 e. The van der Waals surface area contributed by atoms with Crippen LogP contribution in [0.5, 0.6) is 0 Å². The Labute approximate surface area is 131 Å². The minimum absolute atomic E-state index is 0.0859. The smallest absolute Gasteiger partial charge is 0.201 e. The van der Waals surface area contributed by atoms with Crippen molar-refractivity contribution in [2.75, 3.05) is 5.73 Å². The van der Waals surface area contributed by atoms with Gasteiger partial charge in [-0.3, -0.25) is 0 Å². The van der Waals surface area contributed by atoms with Crippen molar-refractivity contribution >= 4 is 39.9 Å². The number of halogens is 2. The molecule has 3 aromatic rings. The topological polar surface area (TPSA) is 43.8 Å². The van der Waals surface area contributed by atoms with Gasteiger partial charge in [-0.2, -0.15) is 0 Å². The van der Waals surface area contributed by atoms with E-state index in [2.05, 4.69) is 31.0 Å². The second-order valence-electron chi connectivity index (χ2n) is 5.16. The number of anilines is 1. The van der Waals surface area contributed by atoms with Gasteiger partial charge in [-0.1, -0.05) is 11.6 Å². The van der Waals surface area contributed by atoms with Crippen molar-refractivity contribution in [3.8, 4) is 0 Å². The van der Waals surface area contributed by atoms with Crippen molar-refractivity contribution in [2.24, 2.45) is 0 Å². The number of nitrogens with two attached hydrogens (primary N) is 1. The first-order chi connectivity index (χ1) is 9.95. The SMILES string of the molecule is Cc1ccc(CC(C)n2c(N)nc3cc(F)c(Cl)cc32)s1. The quantitative estimate of drug-likeness (QED) is 0.766. The molecular weight excluding hydrogens is 309 g/mol. The van der Waals surface area contributed by atoms with Crippen LogP contribution in [-0.4, -0.2) is 9.55 Å². The molecule has 1 aromatic carbocycles. The van der Waals surface area contributed by atoms with Crippen LogP contribution in [0.25, 0.3) is 11.0 Å². The first-order valence-electron chi connectivity index (χ1n) is 6.63. The highest BCUT2D eigenvalue weighted by Gasteiger charge is 2.17. The van der Waals surface area contributed by atoms with Crippen LogP contribution in [0.15, 0.2) is 24.3 Å². The summed E-state index contributed by atoms with van der Waals surface area (Å²) in [6.07, 6.45) is 0.850. The number of thiophene rings is 1. The lowest BCUT2D eigenvalue weighted by atomic mass is 10.2. The zero-order valence-electron chi connectivity index (χ0n) is 11.7. The standard InChI is InChI=1S/C15H15ClFN3S/c1-8(5-10-4-3-9(2)21-10)20-14-6-11(16)12(17)7-13(14)19-15(20)18/h3-4,6-8H,5H2,1-2H3,(H2,18,19). The number of fused-ring (bicyclic) bond motifs is 1. The number of aromatic nitrogens is 2. The first-order valence-corrected chi connectivity index (χ1v) is 7.83. The molecule has 0 amide bonds. The monoisotopic (exact) mass is 323 g/mol. The normalized spacial score (nSPS) is 13.0. The van der Waals surface area contributed by atoms with Gasteiger partial charge in [-0.05, 0) is 32.0 Å². The van der Waals surface area contributed by atoms with E-state index in [-0.39, 0.29) is 11.1 Å². The lowest BCUT2D eigenvalue weighted by Crippen LogP contribution is -2.10. The molecule has 21 heavy (non-hydrogen) atoms. The second-order valence-corrected chi connectivity index (χ2v) is 6.94. The molecule has 6 heteroatoms. The van der Waals surface area contributed by atoms with Gasteiger partial charge < -0.3 is 10.3 Å². The van der Waals surface area contributed by atoms with E-state index in [4.69, 9.17) is 17.3 Å². The van der Waals surface area contributed by atoms with Gasteiger partial charge in [-0.25, -0.2) is 9.37 Å². The minimum atomic E-state index is -0.477. The zero-order chi connectivity index (χ0) is 15.1. The largest absolute Gasteiger partial charge is 0.369 e. The number of benzene rings is 1. The molecule has 0 bridgehead atoms. The molecule has 2 heterocycles. The average molecular weight is 324 g/mol. The van der Waals surface area contributed by atoms with E-state index in [0.717, 1.165) is 11.9 Å². The van der Waals surface area contributed by atoms with Crippen molar-refractivity contribution in [3.63, 3.8) is 0 Å². The highest BCUT2D eigenvalue weighted by atomic mass is 35.5. The Balaban J connectivity index is 2.02. The summed E-state index contributed by atoms with van der Waals surface area (Å²) in [6, 6.07) is 7.26. The van der Waals surface area contributed by atoms with Crippen molar-refractivity contribution in [1.29, 1.82) is 0 Å². The van der Waals surface area contributed by atoms with Crippen LogP contribution in [0.1, 0.15) is 22.7 Å². The molecular formula is C15H15ClFN3S. The average Bonchev–Trinajstić information content (AvgIpc) is 2.93. The van der Waals surface area contributed by atoms with E-state index < -0.39 is 5.82 Å². The molecule has 0 aliphatic heterocycles. The van der Waals surface area contributed by atoms with Crippen LogP contribution in [0.3, 0.4) is 0 Å². The van der Waals surface area contributed by atoms with Gasteiger partial charge in [0, 0.05) is 28.3 Å². The molecule has 3 rings (SSSR count). The maximum Gasteiger partial charge on any atom is 0.201 e. The Kier molecular flexibility index (Phi) is 3.63. The van der Waals surface area contributed by atoms with Crippen LogP contribution in [0, 0.1) is 12.7 Å². The Morgan fingerprint density at radius 1 is 1.43 bits per heavy atom. The van der Waals surface area contributed by atoms with Crippen LogP contribution in [0.4, 0.5) is 10.3 Å². The molecule has 0 radical (unpaired) electrons. The van der Waals surface area contributed by atoms with E-state index in [1.54, 1.807) is 17.4 Å². The lowest BCUT2D eigenvalue weighted by Gasteiger charge is -2.15. The molecule has 0 aliphatic rings. The predicted octanol–water partition coefficient (Wildman–Crippen LogP) is 4.58. The number of nitrogen functional groups attached to an aromatic ring is 1. The Bertz CT molecular complexity index is 809. The summed E-state index contributed by atoms with van der Waals surface area (Å²) >= 11 is 7.65. The molecule has 110 valence electrons. The van der Waals surface area contributed by atoms with E-state index in [1.165, 1.54) is 15.8 Å². The van der Waals surface area contributed by atoms with Gasteiger partial charge in [0.15, 0.2) is 0 Å². The highest BCUT2D eigenvalue weighted by Crippen LogP contribution is 2.30. The first kappa shape index (κ1) is 14.4. The van der Waals surface area contributed by atoms with Crippen LogP contribution < -0.4 is 5.73 Å². The van der Waals surface area contributed by atoms with Gasteiger partial charge >= 0.3 is 0 Å². The third kappa shape index (κ3) is 2.63.